The lowest BCUT2D eigenvalue weighted by Crippen LogP contribution is -1.88. The Balaban J connectivity index is 2.14. The van der Waals surface area contributed by atoms with E-state index in [1.807, 2.05) is 0 Å². The van der Waals surface area contributed by atoms with E-state index in [0.717, 1.165) is 0 Å². The fourth-order valence-electron chi connectivity index (χ4n) is 1.22. The molecule has 0 radical (unpaired) electrons. The normalized spacial score (nSPS) is 10.1. The lowest BCUT2D eigenvalue weighted by Gasteiger charge is -2.01. The number of non-ortho nitro benzene ring substituents is 1. The van der Waals surface area contributed by atoms with Crippen LogP contribution in [0.5, 0.6) is 11.5 Å². The van der Waals surface area contributed by atoms with E-state index in [0.29, 0.717) is 11.5 Å². The third-order valence-corrected chi connectivity index (χ3v) is 1.96. The molecule has 0 amide bonds. The van der Waals surface area contributed by atoms with Gasteiger partial charge in [0.1, 0.15) is 5.75 Å². The summed E-state index contributed by atoms with van der Waals surface area (Å²) in [6.45, 7) is 0. The Morgan fingerprint density at radius 1 is 1.31 bits per heavy atom. The molecule has 0 saturated carbocycles. The van der Waals surface area contributed by atoms with Crippen molar-refractivity contribution in [3.63, 3.8) is 0 Å². The third kappa shape index (κ3) is 2.17. The van der Waals surface area contributed by atoms with Crippen molar-refractivity contribution in [3.8, 4) is 11.5 Å². The SMILES string of the molecule is Cn1cc(Oc2ccc([N+](=O)[O-])cc2)cn1. The summed E-state index contributed by atoms with van der Waals surface area (Å²) in [5, 5.41) is 14.4. The van der Waals surface area contributed by atoms with E-state index in [4.69, 9.17) is 4.74 Å². The van der Waals surface area contributed by atoms with Crippen LogP contribution in [0, 0.1) is 10.1 Å². The van der Waals surface area contributed by atoms with E-state index < -0.39 is 4.92 Å². The Kier molecular flexibility index (Phi) is 2.55. The van der Waals surface area contributed by atoms with Crippen molar-refractivity contribution in [3.05, 3.63) is 46.8 Å². The van der Waals surface area contributed by atoms with Gasteiger partial charge in [-0.1, -0.05) is 0 Å². The first-order valence-corrected chi connectivity index (χ1v) is 4.56. The number of hydrogen-bond donors (Lipinski definition) is 0. The van der Waals surface area contributed by atoms with Crippen molar-refractivity contribution in [1.29, 1.82) is 0 Å². The van der Waals surface area contributed by atoms with Crippen LogP contribution in [0.1, 0.15) is 0 Å². The number of nitrogens with zero attached hydrogens (tertiary/aromatic N) is 3. The van der Waals surface area contributed by atoms with Crippen LogP contribution in [-0.2, 0) is 7.05 Å². The van der Waals surface area contributed by atoms with E-state index in [-0.39, 0.29) is 5.69 Å². The Morgan fingerprint density at radius 2 is 2.00 bits per heavy atom. The first kappa shape index (κ1) is 10.2. The topological polar surface area (TPSA) is 70.2 Å². The number of nitro benzene ring substituents is 1. The van der Waals surface area contributed by atoms with Gasteiger partial charge in [-0.05, 0) is 12.1 Å². The summed E-state index contributed by atoms with van der Waals surface area (Å²) < 4.78 is 7.04. The summed E-state index contributed by atoms with van der Waals surface area (Å²) in [6.07, 6.45) is 3.28. The first-order valence-electron chi connectivity index (χ1n) is 4.56. The predicted molar refractivity (Wildman–Crippen MR) is 56.4 cm³/mol. The Bertz CT molecular complexity index is 504. The van der Waals surface area contributed by atoms with Crippen molar-refractivity contribution >= 4 is 5.69 Å². The molecule has 0 saturated heterocycles. The van der Waals surface area contributed by atoms with Crippen molar-refractivity contribution in [2.24, 2.45) is 7.05 Å². The Morgan fingerprint density at radius 3 is 2.50 bits per heavy atom. The van der Waals surface area contributed by atoms with Gasteiger partial charge in [0.2, 0.25) is 0 Å². The van der Waals surface area contributed by atoms with Crippen LogP contribution in [0.15, 0.2) is 36.7 Å². The number of aromatic nitrogens is 2. The minimum absolute atomic E-state index is 0.0403. The molecule has 0 aliphatic rings. The van der Waals surface area contributed by atoms with Gasteiger partial charge < -0.3 is 4.74 Å². The van der Waals surface area contributed by atoms with E-state index >= 15 is 0 Å². The maximum atomic E-state index is 10.4. The third-order valence-electron chi connectivity index (χ3n) is 1.96. The Labute approximate surface area is 91.2 Å². The van der Waals surface area contributed by atoms with E-state index in [1.165, 1.54) is 12.1 Å². The van der Waals surface area contributed by atoms with Gasteiger partial charge in [-0.25, -0.2) is 0 Å². The average molecular weight is 219 g/mol. The van der Waals surface area contributed by atoms with Gasteiger partial charge in [-0.15, -0.1) is 0 Å². The standard InChI is InChI=1S/C10H9N3O3/c1-12-7-10(6-11-12)16-9-4-2-8(3-5-9)13(14)15/h2-7H,1H3. The van der Waals surface area contributed by atoms with Gasteiger partial charge in [0, 0.05) is 19.2 Å². The number of ether oxygens (including phenoxy) is 1. The van der Waals surface area contributed by atoms with Gasteiger partial charge in [-0.2, -0.15) is 5.10 Å². The van der Waals surface area contributed by atoms with E-state index in [9.17, 15) is 10.1 Å². The lowest BCUT2D eigenvalue weighted by molar-refractivity contribution is -0.384. The number of benzene rings is 1. The average Bonchev–Trinajstić information content (AvgIpc) is 2.65. The van der Waals surface area contributed by atoms with Crippen molar-refractivity contribution < 1.29 is 9.66 Å². The zero-order chi connectivity index (χ0) is 11.5. The fraction of sp³-hybridized carbons (Fsp3) is 0.100. The molecule has 1 aromatic heterocycles. The first-order chi connectivity index (χ1) is 7.65. The molecule has 1 heterocycles. The summed E-state index contributed by atoms with van der Waals surface area (Å²) in [5.41, 5.74) is 0.0403. The highest BCUT2D eigenvalue weighted by molar-refractivity contribution is 5.37. The molecule has 0 unspecified atom stereocenters. The molecule has 0 atom stereocenters. The molecule has 0 fully saturated rings. The number of rotatable bonds is 3. The summed E-state index contributed by atoms with van der Waals surface area (Å²) in [7, 11) is 1.78. The van der Waals surface area contributed by atoms with E-state index in [2.05, 4.69) is 5.10 Å². The van der Waals surface area contributed by atoms with Crippen LogP contribution < -0.4 is 4.74 Å². The van der Waals surface area contributed by atoms with Gasteiger partial charge in [0.25, 0.3) is 5.69 Å². The molecule has 2 aromatic rings. The quantitative estimate of drug-likeness (QED) is 0.585. The van der Waals surface area contributed by atoms with Crippen LogP contribution in [0.2, 0.25) is 0 Å². The maximum absolute atomic E-state index is 10.4. The second-order valence-corrected chi connectivity index (χ2v) is 3.20. The highest BCUT2D eigenvalue weighted by Gasteiger charge is 2.05. The fourth-order valence-corrected chi connectivity index (χ4v) is 1.22. The number of nitro groups is 1. The molecule has 0 aliphatic carbocycles. The summed E-state index contributed by atoms with van der Waals surface area (Å²) in [5.74, 6) is 1.13. The monoisotopic (exact) mass is 219 g/mol. The van der Waals surface area contributed by atoms with Crippen molar-refractivity contribution in [1.82, 2.24) is 9.78 Å². The summed E-state index contributed by atoms with van der Waals surface area (Å²) >= 11 is 0. The molecule has 6 heteroatoms. The molecule has 0 spiro atoms. The van der Waals surface area contributed by atoms with Crippen molar-refractivity contribution in [2.75, 3.05) is 0 Å². The summed E-state index contributed by atoms with van der Waals surface area (Å²) in [6, 6.07) is 5.88. The maximum Gasteiger partial charge on any atom is 0.269 e. The molecule has 6 nitrogen and oxygen atoms in total. The van der Waals surface area contributed by atoms with Gasteiger partial charge >= 0.3 is 0 Å². The molecule has 82 valence electrons. The molecular formula is C10H9N3O3. The highest BCUT2D eigenvalue weighted by Crippen LogP contribution is 2.22. The minimum Gasteiger partial charge on any atom is -0.454 e. The second kappa shape index (κ2) is 4.01. The van der Waals surface area contributed by atoms with Gasteiger partial charge in [0.15, 0.2) is 5.75 Å². The molecule has 1 aromatic carbocycles. The zero-order valence-electron chi connectivity index (χ0n) is 8.53. The van der Waals surface area contributed by atoms with Crippen molar-refractivity contribution in [2.45, 2.75) is 0 Å². The van der Waals surface area contributed by atoms with Gasteiger partial charge in [0.05, 0.1) is 17.3 Å². The number of hydrogen-bond acceptors (Lipinski definition) is 4. The predicted octanol–water partition coefficient (Wildman–Crippen LogP) is 2.12. The van der Waals surface area contributed by atoms with Crippen LogP contribution in [0.3, 0.4) is 0 Å². The lowest BCUT2D eigenvalue weighted by atomic mass is 10.3. The molecule has 0 N–H and O–H groups in total. The molecule has 0 bridgehead atoms. The molecular weight excluding hydrogens is 210 g/mol. The largest absolute Gasteiger partial charge is 0.454 e. The van der Waals surface area contributed by atoms with Crippen LogP contribution in [0.4, 0.5) is 5.69 Å². The zero-order valence-corrected chi connectivity index (χ0v) is 8.53. The Hall–Kier alpha value is -2.37. The highest BCUT2D eigenvalue weighted by atomic mass is 16.6. The smallest absolute Gasteiger partial charge is 0.269 e. The molecule has 0 aliphatic heterocycles. The van der Waals surface area contributed by atoms with E-state index in [1.54, 1.807) is 36.3 Å². The summed E-state index contributed by atoms with van der Waals surface area (Å²) in [4.78, 5) is 9.97. The second-order valence-electron chi connectivity index (χ2n) is 3.20. The van der Waals surface area contributed by atoms with Gasteiger partial charge in [-0.3, -0.25) is 14.8 Å². The molecule has 16 heavy (non-hydrogen) atoms. The minimum atomic E-state index is -0.451. The van der Waals surface area contributed by atoms with Crippen LogP contribution >= 0.6 is 0 Å². The molecule has 2 rings (SSSR count). The van der Waals surface area contributed by atoms with Crippen LogP contribution in [-0.4, -0.2) is 14.7 Å². The van der Waals surface area contributed by atoms with Crippen LogP contribution in [0.25, 0.3) is 0 Å². The number of aryl methyl sites for hydroxylation is 1.